The van der Waals surface area contributed by atoms with Gasteiger partial charge in [-0.25, -0.2) is 4.39 Å². The molecule has 2 atom stereocenters. The summed E-state index contributed by atoms with van der Waals surface area (Å²) in [6.45, 7) is 3.81. The van der Waals surface area contributed by atoms with Crippen LogP contribution in [0.4, 0.5) is 4.39 Å². The maximum absolute atomic E-state index is 13.5. The Kier molecular flexibility index (Phi) is 6.96. The lowest BCUT2D eigenvalue weighted by Crippen LogP contribution is -2.48. The molecule has 2 unspecified atom stereocenters. The first-order valence-corrected chi connectivity index (χ1v) is 11.1. The SMILES string of the molecule is NC1CCN(Cc2ccccc2)CC1CO[C@H]1CC[C@@H](c2cccc(F)c2)CC1. The normalized spacial score (nSPS) is 28.3. The molecule has 29 heavy (non-hydrogen) atoms. The van der Waals surface area contributed by atoms with Gasteiger partial charge in [0.25, 0.3) is 0 Å². The minimum atomic E-state index is -0.132. The molecule has 0 aromatic heterocycles. The maximum Gasteiger partial charge on any atom is 0.123 e. The van der Waals surface area contributed by atoms with Gasteiger partial charge in [0.2, 0.25) is 0 Å². The van der Waals surface area contributed by atoms with Gasteiger partial charge in [0, 0.05) is 25.0 Å². The lowest BCUT2D eigenvalue weighted by molar-refractivity contribution is -0.0162. The van der Waals surface area contributed by atoms with Crippen LogP contribution >= 0.6 is 0 Å². The summed E-state index contributed by atoms with van der Waals surface area (Å²) in [7, 11) is 0. The fraction of sp³-hybridized carbons (Fsp3) is 0.520. The molecule has 2 N–H and O–H groups in total. The van der Waals surface area contributed by atoms with Gasteiger partial charge in [-0.05, 0) is 67.8 Å². The van der Waals surface area contributed by atoms with Crippen LogP contribution in [0.25, 0.3) is 0 Å². The zero-order valence-corrected chi connectivity index (χ0v) is 17.2. The number of benzene rings is 2. The van der Waals surface area contributed by atoms with E-state index in [9.17, 15) is 4.39 Å². The molecular formula is C25H33FN2O. The number of hydrogen-bond acceptors (Lipinski definition) is 3. The van der Waals surface area contributed by atoms with E-state index in [1.165, 1.54) is 11.6 Å². The number of likely N-dealkylation sites (tertiary alicyclic amines) is 1. The second-order valence-electron chi connectivity index (χ2n) is 8.80. The van der Waals surface area contributed by atoms with E-state index < -0.39 is 0 Å². The molecular weight excluding hydrogens is 363 g/mol. The van der Waals surface area contributed by atoms with Crippen LogP contribution in [0.3, 0.4) is 0 Å². The Morgan fingerprint density at radius 2 is 1.76 bits per heavy atom. The van der Waals surface area contributed by atoms with Gasteiger partial charge in [-0.1, -0.05) is 42.5 Å². The third kappa shape index (κ3) is 5.65. The lowest BCUT2D eigenvalue weighted by atomic mass is 9.82. The van der Waals surface area contributed by atoms with E-state index in [-0.39, 0.29) is 11.9 Å². The average molecular weight is 397 g/mol. The van der Waals surface area contributed by atoms with Crippen molar-refractivity contribution in [3.8, 4) is 0 Å². The highest BCUT2D eigenvalue weighted by Gasteiger charge is 2.29. The minimum Gasteiger partial charge on any atom is -0.378 e. The summed E-state index contributed by atoms with van der Waals surface area (Å²) >= 11 is 0. The van der Waals surface area contributed by atoms with Gasteiger partial charge in [-0.2, -0.15) is 0 Å². The summed E-state index contributed by atoms with van der Waals surface area (Å²) in [6.07, 6.45) is 5.60. The molecule has 156 valence electrons. The summed E-state index contributed by atoms with van der Waals surface area (Å²) in [6, 6.07) is 18.0. The highest BCUT2D eigenvalue weighted by Crippen LogP contribution is 2.34. The monoisotopic (exact) mass is 396 g/mol. The van der Waals surface area contributed by atoms with Gasteiger partial charge in [-0.15, -0.1) is 0 Å². The fourth-order valence-electron chi connectivity index (χ4n) is 4.87. The smallest absolute Gasteiger partial charge is 0.123 e. The largest absolute Gasteiger partial charge is 0.378 e. The third-order valence-corrected chi connectivity index (χ3v) is 6.67. The Hall–Kier alpha value is -1.75. The number of nitrogens with zero attached hydrogens (tertiary/aromatic N) is 1. The molecule has 0 bridgehead atoms. The number of hydrogen-bond donors (Lipinski definition) is 1. The molecule has 1 heterocycles. The molecule has 3 nitrogen and oxygen atoms in total. The van der Waals surface area contributed by atoms with E-state index in [0.29, 0.717) is 17.9 Å². The van der Waals surface area contributed by atoms with Crippen molar-refractivity contribution in [3.05, 3.63) is 71.5 Å². The van der Waals surface area contributed by atoms with Crippen molar-refractivity contribution in [2.24, 2.45) is 11.7 Å². The standard InChI is InChI=1S/C25H33FN2O/c26-23-8-4-7-21(15-23)20-9-11-24(12-10-20)29-18-22-17-28(14-13-25(22)27)16-19-5-2-1-3-6-19/h1-8,15,20,22,24-25H,9-14,16-18,27H2/t20-,22?,24+,25?. The summed E-state index contributed by atoms with van der Waals surface area (Å²) < 4.78 is 19.8. The zero-order valence-electron chi connectivity index (χ0n) is 17.2. The van der Waals surface area contributed by atoms with Crippen molar-refractivity contribution in [1.29, 1.82) is 0 Å². The number of piperidine rings is 1. The van der Waals surface area contributed by atoms with Gasteiger partial charge in [0.1, 0.15) is 5.82 Å². The molecule has 0 amide bonds. The van der Waals surface area contributed by atoms with Gasteiger partial charge in [0.05, 0.1) is 12.7 Å². The van der Waals surface area contributed by atoms with Crippen molar-refractivity contribution in [2.75, 3.05) is 19.7 Å². The first kappa shape index (κ1) is 20.5. The third-order valence-electron chi connectivity index (χ3n) is 6.67. The molecule has 4 heteroatoms. The van der Waals surface area contributed by atoms with E-state index in [1.807, 2.05) is 6.07 Å². The van der Waals surface area contributed by atoms with E-state index in [4.69, 9.17) is 10.5 Å². The molecule has 2 aromatic rings. The number of rotatable bonds is 6. The zero-order chi connectivity index (χ0) is 20.1. The van der Waals surface area contributed by atoms with Crippen molar-refractivity contribution >= 4 is 0 Å². The highest BCUT2D eigenvalue weighted by molar-refractivity contribution is 5.21. The Balaban J connectivity index is 1.23. The van der Waals surface area contributed by atoms with Gasteiger partial charge >= 0.3 is 0 Å². The molecule has 1 aliphatic heterocycles. The Labute approximate surface area is 174 Å². The number of ether oxygens (including phenoxy) is 1. The van der Waals surface area contributed by atoms with Gasteiger partial charge in [-0.3, -0.25) is 4.90 Å². The molecule has 0 spiro atoms. The van der Waals surface area contributed by atoms with Gasteiger partial charge in [0.15, 0.2) is 0 Å². The van der Waals surface area contributed by atoms with Crippen LogP contribution in [0.1, 0.15) is 49.1 Å². The van der Waals surface area contributed by atoms with Crippen LogP contribution in [-0.2, 0) is 11.3 Å². The lowest BCUT2D eigenvalue weighted by Gasteiger charge is -2.38. The predicted octanol–water partition coefficient (Wildman–Crippen LogP) is 4.72. The van der Waals surface area contributed by atoms with Crippen LogP contribution < -0.4 is 5.73 Å². The highest BCUT2D eigenvalue weighted by atomic mass is 19.1. The van der Waals surface area contributed by atoms with Crippen LogP contribution in [0.15, 0.2) is 54.6 Å². The Morgan fingerprint density at radius 1 is 0.966 bits per heavy atom. The molecule has 1 saturated heterocycles. The second-order valence-corrected chi connectivity index (χ2v) is 8.80. The van der Waals surface area contributed by atoms with E-state index >= 15 is 0 Å². The topological polar surface area (TPSA) is 38.5 Å². The average Bonchev–Trinajstić information content (AvgIpc) is 2.75. The Bertz CT molecular complexity index is 760. The molecule has 1 saturated carbocycles. The molecule has 4 rings (SSSR count). The van der Waals surface area contributed by atoms with Crippen LogP contribution in [0.2, 0.25) is 0 Å². The first-order valence-electron chi connectivity index (χ1n) is 11.1. The summed E-state index contributed by atoms with van der Waals surface area (Å²) in [4.78, 5) is 2.51. The molecule has 2 aliphatic rings. The van der Waals surface area contributed by atoms with E-state index in [2.05, 4.69) is 41.3 Å². The van der Waals surface area contributed by atoms with Crippen LogP contribution in [0.5, 0.6) is 0 Å². The number of halogens is 1. The van der Waals surface area contributed by atoms with Crippen molar-refractivity contribution < 1.29 is 9.13 Å². The van der Waals surface area contributed by atoms with Crippen molar-refractivity contribution in [2.45, 2.75) is 56.7 Å². The summed E-state index contributed by atoms with van der Waals surface area (Å²) in [5.74, 6) is 0.726. The summed E-state index contributed by atoms with van der Waals surface area (Å²) in [5, 5.41) is 0. The molecule has 2 fully saturated rings. The summed E-state index contributed by atoms with van der Waals surface area (Å²) in [5.41, 5.74) is 8.91. The van der Waals surface area contributed by atoms with Crippen LogP contribution in [0, 0.1) is 11.7 Å². The Morgan fingerprint density at radius 3 is 2.52 bits per heavy atom. The molecule has 2 aromatic carbocycles. The molecule has 1 aliphatic carbocycles. The second kappa shape index (κ2) is 9.84. The van der Waals surface area contributed by atoms with Crippen LogP contribution in [-0.4, -0.2) is 36.7 Å². The van der Waals surface area contributed by atoms with E-state index in [1.54, 1.807) is 6.07 Å². The van der Waals surface area contributed by atoms with Gasteiger partial charge < -0.3 is 10.5 Å². The van der Waals surface area contributed by atoms with Crippen molar-refractivity contribution in [1.82, 2.24) is 4.90 Å². The van der Waals surface area contributed by atoms with Crippen molar-refractivity contribution in [3.63, 3.8) is 0 Å². The predicted molar refractivity (Wildman–Crippen MR) is 115 cm³/mol. The minimum absolute atomic E-state index is 0.132. The first-order chi connectivity index (χ1) is 14.2. The quantitative estimate of drug-likeness (QED) is 0.768. The molecule has 0 radical (unpaired) electrons. The maximum atomic E-state index is 13.5. The van der Waals surface area contributed by atoms with E-state index in [0.717, 1.165) is 63.9 Å². The fourth-order valence-corrected chi connectivity index (χ4v) is 4.87. The number of nitrogens with two attached hydrogens (primary N) is 1.